The van der Waals surface area contributed by atoms with Crippen LogP contribution in [0.15, 0.2) is 0 Å². The first-order valence-corrected chi connectivity index (χ1v) is 7.10. The standard InChI is InChI=1S/C13H20N2O7/c14-5-10(16)13(8-1-3-21-4-2-8)15(6-11(17)18)9(7-22-13)12(19)20/h8-9H,1-7,14H2,(H,17,18)(H,19,20). The van der Waals surface area contributed by atoms with Gasteiger partial charge in [0.1, 0.15) is 12.6 Å². The first kappa shape index (κ1) is 16.8. The number of nitrogens with zero attached hydrogens (tertiary/aromatic N) is 1. The van der Waals surface area contributed by atoms with Crippen molar-refractivity contribution in [2.24, 2.45) is 11.7 Å². The molecular formula is C13H20N2O7. The van der Waals surface area contributed by atoms with Gasteiger partial charge >= 0.3 is 11.9 Å². The molecule has 22 heavy (non-hydrogen) atoms. The summed E-state index contributed by atoms with van der Waals surface area (Å²) in [5, 5.41) is 18.4. The maximum atomic E-state index is 12.5. The summed E-state index contributed by atoms with van der Waals surface area (Å²) in [6.45, 7) is -0.371. The Morgan fingerprint density at radius 3 is 2.36 bits per heavy atom. The molecule has 124 valence electrons. The molecule has 2 atom stereocenters. The van der Waals surface area contributed by atoms with E-state index in [1.165, 1.54) is 0 Å². The lowest BCUT2D eigenvalue weighted by Gasteiger charge is -2.43. The Morgan fingerprint density at radius 2 is 1.86 bits per heavy atom. The normalized spacial score (nSPS) is 30.3. The van der Waals surface area contributed by atoms with Gasteiger partial charge in [-0.3, -0.25) is 14.4 Å². The predicted octanol–water partition coefficient (Wildman–Crippen LogP) is -1.49. The van der Waals surface area contributed by atoms with E-state index >= 15 is 0 Å². The third-order valence-corrected chi connectivity index (χ3v) is 4.21. The van der Waals surface area contributed by atoms with Crippen LogP contribution in [0, 0.1) is 5.92 Å². The number of aliphatic carboxylic acids is 2. The van der Waals surface area contributed by atoms with Gasteiger partial charge in [-0.25, -0.2) is 4.90 Å². The molecular weight excluding hydrogens is 296 g/mol. The fraction of sp³-hybridized carbons (Fsp3) is 0.769. The van der Waals surface area contributed by atoms with Gasteiger partial charge in [-0.2, -0.15) is 0 Å². The van der Waals surface area contributed by atoms with Gasteiger partial charge in [-0.15, -0.1) is 0 Å². The summed E-state index contributed by atoms with van der Waals surface area (Å²) < 4.78 is 10.9. The largest absolute Gasteiger partial charge is 0.480 e. The third-order valence-electron chi connectivity index (χ3n) is 4.21. The van der Waals surface area contributed by atoms with Crippen molar-refractivity contribution >= 4 is 17.7 Å². The summed E-state index contributed by atoms with van der Waals surface area (Å²) in [6, 6.07) is -1.19. The molecule has 0 bridgehead atoms. The molecule has 2 unspecified atom stereocenters. The minimum Gasteiger partial charge on any atom is -0.480 e. The molecule has 4 N–H and O–H groups in total. The molecule has 2 saturated heterocycles. The smallest absolute Gasteiger partial charge is 0.323 e. The van der Waals surface area contributed by atoms with Gasteiger partial charge in [0.2, 0.25) is 0 Å². The minimum atomic E-state index is -1.60. The van der Waals surface area contributed by atoms with E-state index in [0.29, 0.717) is 26.1 Å². The average molecular weight is 316 g/mol. The summed E-state index contributed by atoms with van der Waals surface area (Å²) in [4.78, 5) is 36.1. The Kier molecular flexibility index (Phi) is 5.12. The Bertz CT molecular complexity index is 463. The number of ether oxygens (including phenoxy) is 2. The number of carboxylic acids is 2. The Morgan fingerprint density at radius 1 is 1.23 bits per heavy atom. The highest BCUT2D eigenvalue weighted by molar-refractivity contribution is 5.91. The number of carbonyl (C=O) groups is 3. The van der Waals surface area contributed by atoms with Crippen LogP contribution >= 0.6 is 0 Å². The monoisotopic (exact) mass is 316 g/mol. The summed E-state index contributed by atoms with van der Waals surface area (Å²) >= 11 is 0. The highest BCUT2D eigenvalue weighted by atomic mass is 16.5. The number of Topliss-reactive ketones (excluding diaryl/α,β-unsaturated/α-hetero) is 1. The molecule has 2 rings (SSSR count). The van der Waals surface area contributed by atoms with Crippen LogP contribution in [0.4, 0.5) is 0 Å². The predicted molar refractivity (Wildman–Crippen MR) is 72.1 cm³/mol. The summed E-state index contributed by atoms with van der Waals surface area (Å²) in [6.07, 6.45) is 0.961. The van der Waals surface area contributed by atoms with E-state index < -0.39 is 36.0 Å². The number of ketones is 1. The second-order valence-electron chi connectivity index (χ2n) is 5.40. The van der Waals surface area contributed by atoms with Crippen LogP contribution in [0.25, 0.3) is 0 Å². The van der Waals surface area contributed by atoms with Gasteiger partial charge in [-0.05, 0) is 12.8 Å². The molecule has 0 amide bonds. The van der Waals surface area contributed by atoms with Gasteiger partial charge in [0.15, 0.2) is 11.5 Å². The number of hydrogen-bond donors (Lipinski definition) is 3. The van der Waals surface area contributed by atoms with Crippen molar-refractivity contribution in [2.75, 3.05) is 32.9 Å². The van der Waals surface area contributed by atoms with Crippen molar-refractivity contribution in [1.29, 1.82) is 0 Å². The average Bonchev–Trinajstić information content (AvgIpc) is 2.87. The van der Waals surface area contributed by atoms with Crippen LogP contribution in [0.5, 0.6) is 0 Å². The number of hydrogen-bond acceptors (Lipinski definition) is 7. The van der Waals surface area contributed by atoms with Crippen molar-refractivity contribution in [3.63, 3.8) is 0 Å². The molecule has 2 fully saturated rings. The molecule has 0 spiro atoms. The minimum absolute atomic E-state index is 0.244. The zero-order valence-corrected chi connectivity index (χ0v) is 12.1. The quantitative estimate of drug-likeness (QED) is 0.534. The SMILES string of the molecule is NCC(=O)C1(C2CCOCC2)OCC(C(=O)O)N1CC(=O)O. The van der Waals surface area contributed by atoms with Crippen LogP contribution < -0.4 is 5.73 Å². The van der Waals surface area contributed by atoms with Gasteiger partial charge in [0.25, 0.3) is 0 Å². The molecule has 0 aromatic carbocycles. The first-order valence-electron chi connectivity index (χ1n) is 7.10. The molecule has 0 aromatic heterocycles. The molecule has 0 radical (unpaired) electrons. The molecule has 0 aliphatic carbocycles. The van der Waals surface area contributed by atoms with E-state index in [2.05, 4.69) is 0 Å². The summed E-state index contributed by atoms with van der Waals surface area (Å²) in [5.74, 6) is -3.29. The van der Waals surface area contributed by atoms with Crippen molar-refractivity contribution in [2.45, 2.75) is 24.6 Å². The Hall–Kier alpha value is -1.55. The molecule has 9 nitrogen and oxygen atoms in total. The van der Waals surface area contributed by atoms with Crippen LogP contribution in [0.3, 0.4) is 0 Å². The lowest BCUT2D eigenvalue weighted by atomic mass is 9.83. The highest BCUT2D eigenvalue weighted by Gasteiger charge is 2.59. The summed E-state index contributed by atoms with van der Waals surface area (Å²) in [7, 11) is 0. The van der Waals surface area contributed by atoms with Crippen LogP contribution in [0.1, 0.15) is 12.8 Å². The molecule has 0 aromatic rings. The Labute approximate surface area is 127 Å². The molecule has 2 heterocycles. The topological polar surface area (TPSA) is 139 Å². The van der Waals surface area contributed by atoms with Gasteiger partial charge < -0.3 is 25.4 Å². The molecule has 0 saturated carbocycles. The highest BCUT2D eigenvalue weighted by Crippen LogP contribution is 2.40. The number of carbonyl (C=O) groups excluding carboxylic acids is 1. The van der Waals surface area contributed by atoms with Crippen LogP contribution in [-0.4, -0.2) is 77.5 Å². The number of carboxylic acid groups (broad SMARTS) is 2. The zero-order chi connectivity index (χ0) is 16.3. The first-order chi connectivity index (χ1) is 10.4. The maximum absolute atomic E-state index is 12.5. The van der Waals surface area contributed by atoms with Crippen molar-refractivity contribution in [1.82, 2.24) is 4.90 Å². The zero-order valence-electron chi connectivity index (χ0n) is 12.1. The second kappa shape index (κ2) is 6.69. The van der Waals surface area contributed by atoms with E-state index in [1.54, 1.807) is 0 Å². The van der Waals surface area contributed by atoms with Gasteiger partial charge in [-0.1, -0.05) is 0 Å². The second-order valence-corrected chi connectivity index (χ2v) is 5.40. The molecule has 2 aliphatic rings. The number of rotatable bonds is 6. The van der Waals surface area contributed by atoms with Gasteiger partial charge in [0.05, 0.1) is 13.2 Å². The van der Waals surface area contributed by atoms with Gasteiger partial charge in [0, 0.05) is 19.1 Å². The van der Waals surface area contributed by atoms with E-state index in [0.717, 1.165) is 4.90 Å². The van der Waals surface area contributed by atoms with E-state index in [4.69, 9.17) is 20.3 Å². The van der Waals surface area contributed by atoms with Crippen molar-refractivity contribution in [3.05, 3.63) is 0 Å². The molecule has 9 heteroatoms. The lowest BCUT2D eigenvalue weighted by Crippen LogP contribution is -2.63. The van der Waals surface area contributed by atoms with E-state index in [1.807, 2.05) is 0 Å². The van der Waals surface area contributed by atoms with Crippen molar-refractivity contribution in [3.8, 4) is 0 Å². The van der Waals surface area contributed by atoms with Crippen molar-refractivity contribution < 1.29 is 34.1 Å². The molecule has 2 aliphatic heterocycles. The maximum Gasteiger partial charge on any atom is 0.323 e. The van der Waals surface area contributed by atoms with Crippen LogP contribution in [0.2, 0.25) is 0 Å². The lowest BCUT2D eigenvalue weighted by molar-refractivity contribution is -0.179. The fourth-order valence-electron chi connectivity index (χ4n) is 3.24. The van der Waals surface area contributed by atoms with Crippen LogP contribution in [-0.2, 0) is 23.9 Å². The summed E-state index contributed by atoms with van der Waals surface area (Å²) in [5.41, 5.74) is 3.88. The Balaban J connectivity index is 2.42. The number of nitrogens with two attached hydrogens (primary N) is 1. The van der Waals surface area contributed by atoms with E-state index in [-0.39, 0.29) is 19.1 Å². The van der Waals surface area contributed by atoms with E-state index in [9.17, 15) is 19.5 Å². The third kappa shape index (κ3) is 2.84. The fourth-order valence-corrected chi connectivity index (χ4v) is 3.24.